The van der Waals surface area contributed by atoms with Crippen LogP contribution in [0.4, 0.5) is 6.01 Å². The van der Waals surface area contributed by atoms with E-state index < -0.39 is 5.97 Å². The molecule has 0 fully saturated rings. The highest BCUT2D eigenvalue weighted by atomic mass is 16.5. The van der Waals surface area contributed by atoms with Gasteiger partial charge >= 0.3 is 5.97 Å². The summed E-state index contributed by atoms with van der Waals surface area (Å²) in [6.45, 7) is 2.62. The van der Waals surface area contributed by atoms with E-state index in [4.69, 9.17) is 9.15 Å². The number of aryl methyl sites for hydroxylation is 1. The van der Waals surface area contributed by atoms with Gasteiger partial charge < -0.3 is 19.0 Å². The third kappa shape index (κ3) is 3.30. The van der Waals surface area contributed by atoms with E-state index in [1.807, 2.05) is 11.6 Å². The summed E-state index contributed by atoms with van der Waals surface area (Å²) >= 11 is 0. The molecule has 19 heavy (non-hydrogen) atoms. The van der Waals surface area contributed by atoms with E-state index in [9.17, 15) is 4.79 Å². The number of oxazole rings is 1. The van der Waals surface area contributed by atoms with Gasteiger partial charge in [-0.05, 0) is 6.92 Å². The van der Waals surface area contributed by atoms with Crippen molar-refractivity contribution in [3.63, 3.8) is 0 Å². The zero-order valence-corrected chi connectivity index (χ0v) is 10.8. The van der Waals surface area contributed by atoms with Gasteiger partial charge in [-0.3, -0.25) is 0 Å². The number of aromatic nitrogens is 4. The van der Waals surface area contributed by atoms with Gasteiger partial charge in [0.05, 0.1) is 6.61 Å². The Kier molecular flexibility index (Phi) is 4.11. The predicted molar refractivity (Wildman–Crippen MR) is 65.7 cm³/mol. The van der Waals surface area contributed by atoms with Crippen LogP contribution in [0.25, 0.3) is 0 Å². The number of hydrogen-bond acceptors (Lipinski definition) is 7. The summed E-state index contributed by atoms with van der Waals surface area (Å²) in [6, 6.07) is 0.283. The molecule has 1 N–H and O–H groups in total. The van der Waals surface area contributed by atoms with Crippen molar-refractivity contribution in [2.24, 2.45) is 7.05 Å². The summed E-state index contributed by atoms with van der Waals surface area (Å²) in [5.41, 5.74) is 0.156. The van der Waals surface area contributed by atoms with Gasteiger partial charge in [-0.25, -0.2) is 4.79 Å². The van der Waals surface area contributed by atoms with Crippen LogP contribution in [0, 0.1) is 0 Å². The van der Waals surface area contributed by atoms with E-state index in [1.165, 1.54) is 6.26 Å². The first-order valence-corrected chi connectivity index (χ1v) is 5.90. The van der Waals surface area contributed by atoms with Gasteiger partial charge in [-0.1, -0.05) is 0 Å². The second kappa shape index (κ2) is 5.98. The number of ether oxygens (including phenoxy) is 1. The Bertz CT molecular complexity index is 548. The molecule has 0 saturated carbocycles. The average Bonchev–Trinajstić information content (AvgIpc) is 3.00. The van der Waals surface area contributed by atoms with Crippen molar-refractivity contribution in [2.45, 2.75) is 13.3 Å². The summed E-state index contributed by atoms with van der Waals surface area (Å²) in [5.74, 6) is 0.359. The molecule has 2 rings (SSSR count). The highest BCUT2D eigenvalue weighted by Crippen LogP contribution is 2.08. The number of anilines is 1. The smallest absolute Gasteiger partial charge is 0.360 e. The van der Waals surface area contributed by atoms with Gasteiger partial charge in [0.25, 0.3) is 6.01 Å². The Morgan fingerprint density at radius 2 is 2.42 bits per heavy atom. The van der Waals surface area contributed by atoms with E-state index in [-0.39, 0.29) is 11.7 Å². The molecule has 0 unspecified atom stereocenters. The minimum Gasteiger partial charge on any atom is -0.461 e. The van der Waals surface area contributed by atoms with Crippen LogP contribution >= 0.6 is 0 Å². The number of carbonyl (C=O) groups excluding carboxylic acids is 1. The highest BCUT2D eigenvalue weighted by molar-refractivity contribution is 5.87. The van der Waals surface area contributed by atoms with Gasteiger partial charge in [-0.2, -0.15) is 4.98 Å². The molecule has 0 aliphatic rings. The van der Waals surface area contributed by atoms with Gasteiger partial charge in [0.2, 0.25) is 0 Å². The normalized spacial score (nSPS) is 10.4. The number of carbonyl (C=O) groups is 1. The lowest BCUT2D eigenvalue weighted by molar-refractivity contribution is 0.0519. The minimum absolute atomic E-state index is 0.156. The molecule has 0 radical (unpaired) electrons. The van der Waals surface area contributed by atoms with Crippen molar-refractivity contribution < 1.29 is 13.9 Å². The number of rotatable bonds is 6. The number of hydrogen-bond donors (Lipinski definition) is 1. The fourth-order valence-electron chi connectivity index (χ4n) is 1.47. The summed E-state index contributed by atoms with van der Waals surface area (Å²) in [4.78, 5) is 15.3. The third-order valence-electron chi connectivity index (χ3n) is 2.42. The maximum absolute atomic E-state index is 11.4. The molecule has 0 saturated heterocycles. The molecule has 0 spiro atoms. The van der Waals surface area contributed by atoms with E-state index in [0.29, 0.717) is 19.6 Å². The Hall–Kier alpha value is -2.38. The molecule has 2 aromatic heterocycles. The maximum Gasteiger partial charge on any atom is 0.360 e. The van der Waals surface area contributed by atoms with Crippen LogP contribution in [0.2, 0.25) is 0 Å². The van der Waals surface area contributed by atoms with Gasteiger partial charge in [-0.15, -0.1) is 10.2 Å². The zero-order valence-electron chi connectivity index (χ0n) is 10.8. The van der Waals surface area contributed by atoms with Crippen molar-refractivity contribution in [3.8, 4) is 0 Å². The van der Waals surface area contributed by atoms with Crippen molar-refractivity contribution in [1.29, 1.82) is 0 Å². The Balaban J connectivity index is 1.84. The van der Waals surface area contributed by atoms with Crippen molar-refractivity contribution in [2.75, 3.05) is 18.5 Å². The van der Waals surface area contributed by atoms with Crippen molar-refractivity contribution >= 4 is 12.0 Å². The molecule has 8 nitrogen and oxygen atoms in total. The molecule has 0 atom stereocenters. The van der Waals surface area contributed by atoms with Crippen LogP contribution in [0.3, 0.4) is 0 Å². The molecular weight excluding hydrogens is 250 g/mol. The van der Waals surface area contributed by atoms with E-state index in [2.05, 4.69) is 20.5 Å². The van der Waals surface area contributed by atoms with Crippen LogP contribution in [0.15, 0.2) is 17.0 Å². The largest absolute Gasteiger partial charge is 0.461 e. The quantitative estimate of drug-likeness (QED) is 0.765. The first-order valence-electron chi connectivity index (χ1n) is 5.90. The number of nitrogens with one attached hydrogen (secondary N) is 1. The van der Waals surface area contributed by atoms with E-state index in [0.717, 1.165) is 5.82 Å². The van der Waals surface area contributed by atoms with Crippen LogP contribution < -0.4 is 5.32 Å². The average molecular weight is 265 g/mol. The van der Waals surface area contributed by atoms with E-state index in [1.54, 1.807) is 13.3 Å². The maximum atomic E-state index is 11.4. The molecule has 0 amide bonds. The van der Waals surface area contributed by atoms with Crippen LogP contribution in [0.1, 0.15) is 23.2 Å². The summed E-state index contributed by atoms with van der Waals surface area (Å²) in [7, 11) is 1.87. The second-order valence-electron chi connectivity index (χ2n) is 3.79. The standard InChI is InChI=1S/C11H15N5O3/c1-3-18-10(17)8-6-19-11(14-8)12-5-4-9-15-13-7-16(9)2/h6-7H,3-5H2,1-2H3,(H,12,14). The van der Waals surface area contributed by atoms with Crippen molar-refractivity contribution in [3.05, 3.63) is 24.1 Å². The molecule has 0 aliphatic heterocycles. The lowest BCUT2D eigenvalue weighted by Gasteiger charge is -2.01. The fraction of sp³-hybridized carbons (Fsp3) is 0.455. The molecular formula is C11H15N5O3. The first kappa shape index (κ1) is 13.1. The molecule has 0 bridgehead atoms. The van der Waals surface area contributed by atoms with Crippen LogP contribution in [-0.4, -0.2) is 38.9 Å². The topological polar surface area (TPSA) is 95.1 Å². The monoisotopic (exact) mass is 265 g/mol. The molecule has 2 heterocycles. The lowest BCUT2D eigenvalue weighted by Crippen LogP contribution is -2.09. The SMILES string of the molecule is CCOC(=O)c1coc(NCCc2nncn2C)n1. The molecule has 8 heteroatoms. The Morgan fingerprint density at radius 3 is 3.11 bits per heavy atom. The predicted octanol–water partition coefficient (Wildman–Crippen LogP) is 0.634. The molecule has 0 aliphatic carbocycles. The van der Waals surface area contributed by atoms with Crippen LogP contribution in [-0.2, 0) is 18.2 Å². The molecule has 0 aromatic carbocycles. The Labute approximate surface area is 109 Å². The summed E-state index contributed by atoms with van der Waals surface area (Å²) in [5, 5.41) is 10.7. The molecule has 102 valence electrons. The van der Waals surface area contributed by atoms with Gasteiger partial charge in [0.15, 0.2) is 5.69 Å². The van der Waals surface area contributed by atoms with Crippen molar-refractivity contribution in [1.82, 2.24) is 19.7 Å². The third-order valence-corrected chi connectivity index (χ3v) is 2.42. The fourth-order valence-corrected chi connectivity index (χ4v) is 1.47. The number of esters is 1. The zero-order chi connectivity index (χ0) is 13.7. The highest BCUT2D eigenvalue weighted by Gasteiger charge is 2.12. The number of nitrogens with zero attached hydrogens (tertiary/aromatic N) is 4. The lowest BCUT2D eigenvalue weighted by atomic mass is 10.4. The Morgan fingerprint density at radius 1 is 1.58 bits per heavy atom. The second-order valence-corrected chi connectivity index (χ2v) is 3.79. The van der Waals surface area contributed by atoms with E-state index >= 15 is 0 Å². The summed E-state index contributed by atoms with van der Waals surface area (Å²) < 4.78 is 11.8. The minimum atomic E-state index is -0.493. The van der Waals surface area contributed by atoms with Gasteiger partial charge in [0, 0.05) is 20.0 Å². The van der Waals surface area contributed by atoms with Gasteiger partial charge in [0.1, 0.15) is 18.4 Å². The summed E-state index contributed by atoms with van der Waals surface area (Å²) in [6.07, 6.45) is 3.58. The first-order chi connectivity index (χ1) is 9.20. The molecule has 2 aromatic rings. The van der Waals surface area contributed by atoms with Crippen LogP contribution in [0.5, 0.6) is 0 Å².